The highest BCUT2D eigenvalue weighted by Crippen LogP contribution is 2.25. The predicted octanol–water partition coefficient (Wildman–Crippen LogP) is 3.24. The Balaban J connectivity index is 2.00. The van der Waals surface area contributed by atoms with E-state index in [4.69, 9.17) is 4.74 Å². The normalized spacial score (nSPS) is 20.2. The van der Waals surface area contributed by atoms with Gasteiger partial charge >= 0.3 is 5.97 Å². The zero-order valence-electron chi connectivity index (χ0n) is 12.1. The van der Waals surface area contributed by atoms with Crippen LogP contribution >= 0.6 is 0 Å². The zero-order valence-corrected chi connectivity index (χ0v) is 12.1. The Labute approximate surface area is 115 Å². The molecule has 0 N–H and O–H groups in total. The van der Waals surface area contributed by atoms with Gasteiger partial charge in [-0.1, -0.05) is 18.2 Å². The van der Waals surface area contributed by atoms with Crippen molar-refractivity contribution in [3.63, 3.8) is 0 Å². The number of carbonyl (C=O) groups excluding carboxylic acids is 1. The first kappa shape index (κ1) is 13.9. The highest BCUT2D eigenvalue weighted by atomic mass is 16.6. The summed E-state index contributed by atoms with van der Waals surface area (Å²) in [5.74, 6) is -0.0682. The molecule has 1 aliphatic heterocycles. The molecule has 19 heavy (non-hydrogen) atoms. The predicted molar refractivity (Wildman–Crippen MR) is 77.2 cm³/mol. The van der Waals surface area contributed by atoms with Gasteiger partial charge in [0.1, 0.15) is 5.60 Å². The summed E-state index contributed by atoms with van der Waals surface area (Å²) in [4.78, 5) is 14.4. The number of anilines is 1. The third-order valence-electron chi connectivity index (χ3n) is 3.28. The fourth-order valence-corrected chi connectivity index (χ4v) is 2.43. The van der Waals surface area contributed by atoms with E-state index in [2.05, 4.69) is 17.0 Å². The van der Waals surface area contributed by atoms with Crippen LogP contribution < -0.4 is 4.90 Å². The molecule has 1 atom stereocenters. The standard InChI is InChI=1S/C16H23NO2/c1-16(2,3)19-15(18)13-8-7-11-17(12-13)14-9-5-4-6-10-14/h4-6,9-10,13H,7-8,11-12H2,1-3H3. The largest absolute Gasteiger partial charge is 0.460 e. The maximum atomic E-state index is 12.1. The summed E-state index contributed by atoms with van der Waals surface area (Å²) in [6, 6.07) is 10.3. The average molecular weight is 261 g/mol. The fraction of sp³-hybridized carbons (Fsp3) is 0.562. The first-order valence-corrected chi connectivity index (χ1v) is 6.98. The third-order valence-corrected chi connectivity index (χ3v) is 3.28. The molecule has 1 unspecified atom stereocenters. The number of piperidine rings is 1. The summed E-state index contributed by atoms with van der Waals surface area (Å²) in [7, 11) is 0. The number of hydrogen-bond acceptors (Lipinski definition) is 3. The Morgan fingerprint density at radius 1 is 1.26 bits per heavy atom. The minimum absolute atomic E-state index is 0.00631. The summed E-state index contributed by atoms with van der Waals surface area (Å²) in [5, 5.41) is 0. The maximum absolute atomic E-state index is 12.1. The van der Waals surface area contributed by atoms with Gasteiger partial charge in [-0.05, 0) is 45.7 Å². The molecular weight excluding hydrogens is 238 g/mol. The van der Waals surface area contributed by atoms with Gasteiger partial charge in [0.15, 0.2) is 0 Å². The number of rotatable bonds is 2. The summed E-state index contributed by atoms with van der Waals surface area (Å²) >= 11 is 0. The molecule has 0 spiro atoms. The van der Waals surface area contributed by atoms with E-state index >= 15 is 0 Å². The van der Waals surface area contributed by atoms with Crippen LogP contribution in [0.15, 0.2) is 30.3 Å². The Morgan fingerprint density at radius 3 is 2.58 bits per heavy atom. The van der Waals surface area contributed by atoms with Crippen molar-refractivity contribution < 1.29 is 9.53 Å². The van der Waals surface area contributed by atoms with Crippen molar-refractivity contribution in [3.05, 3.63) is 30.3 Å². The third kappa shape index (κ3) is 3.98. The molecule has 3 nitrogen and oxygen atoms in total. The van der Waals surface area contributed by atoms with Crippen molar-refractivity contribution in [1.29, 1.82) is 0 Å². The topological polar surface area (TPSA) is 29.5 Å². The number of carbonyl (C=O) groups is 1. The van der Waals surface area contributed by atoms with Crippen LogP contribution in [0.4, 0.5) is 5.69 Å². The number of hydrogen-bond donors (Lipinski definition) is 0. The van der Waals surface area contributed by atoms with E-state index in [1.54, 1.807) is 0 Å². The fourth-order valence-electron chi connectivity index (χ4n) is 2.43. The van der Waals surface area contributed by atoms with Gasteiger partial charge in [-0.2, -0.15) is 0 Å². The van der Waals surface area contributed by atoms with Gasteiger partial charge < -0.3 is 9.64 Å². The number of ether oxygens (including phenoxy) is 1. The van der Waals surface area contributed by atoms with Gasteiger partial charge in [0.2, 0.25) is 0 Å². The molecule has 3 heteroatoms. The Bertz CT molecular complexity index is 422. The van der Waals surface area contributed by atoms with Gasteiger partial charge in [0, 0.05) is 18.8 Å². The van der Waals surface area contributed by atoms with E-state index in [-0.39, 0.29) is 11.9 Å². The lowest BCUT2D eigenvalue weighted by Crippen LogP contribution is -2.41. The minimum Gasteiger partial charge on any atom is -0.460 e. The van der Waals surface area contributed by atoms with Crippen molar-refractivity contribution in [3.8, 4) is 0 Å². The Morgan fingerprint density at radius 2 is 1.95 bits per heavy atom. The molecule has 1 aromatic carbocycles. The maximum Gasteiger partial charge on any atom is 0.311 e. The number of nitrogens with zero attached hydrogens (tertiary/aromatic N) is 1. The lowest BCUT2D eigenvalue weighted by Gasteiger charge is -2.34. The number of para-hydroxylation sites is 1. The molecule has 0 aromatic heterocycles. The van der Waals surface area contributed by atoms with Crippen molar-refractivity contribution >= 4 is 11.7 Å². The van der Waals surface area contributed by atoms with Crippen LogP contribution in [0.3, 0.4) is 0 Å². The molecule has 0 saturated carbocycles. The molecule has 1 saturated heterocycles. The van der Waals surface area contributed by atoms with Crippen LogP contribution in [0.25, 0.3) is 0 Å². The monoisotopic (exact) mass is 261 g/mol. The van der Waals surface area contributed by atoms with Crippen molar-refractivity contribution in [1.82, 2.24) is 0 Å². The van der Waals surface area contributed by atoms with Gasteiger partial charge in [-0.15, -0.1) is 0 Å². The summed E-state index contributed by atoms with van der Waals surface area (Å²) in [6.45, 7) is 7.54. The first-order valence-electron chi connectivity index (χ1n) is 6.98. The van der Waals surface area contributed by atoms with Crippen molar-refractivity contribution in [2.75, 3.05) is 18.0 Å². The molecule has 0 bridgehead atoms. The Hall–Kier alpha value is -1.51. The molecular formula is C16H23NO2. The summed E-state index contributed by atoms with van der Waals surface area (Å²) < 4.78 is 5.50. The van der Waals surface area contributed by atoms with E-state index in [1.165, 1.54) is 5.69 Å². The lowest BCUT2D eigenvalue weighted by molar-refractivity contribution is -0.160. The molecule has 1 fully saturated rings. The average Bonchev–Trinajstić information content (AvgIpc) is 2.38. The van der Waals surface area contributed by atoms with E-state index < -0.39 is 5.60 Å². The van der Waals surface area contributed by atoms with Crippen molar-refractivity contribution in [2.45, 2.75) is 39.2 Å². The molecule has 104 valence electrons. The Kier molecular flexibility index (Phi) is 4.13. The van der Waals surface area contributed by atoms with Crippen molar-refractivity contribution in [2.24, 2.45) is 5.92 Å². The molecule has 2 rings (SSSR count). The highest BCUT2D eigenvalue weighted by Gasteiger charge is 2.29. The van der Waals surface area contributed by atoms with Gasteiger partial charge in [0.25, 0.3) is 0 Å². The van der Waals surface area contributed by atoms with E-state index in [0.717, 1.165) is 25.9 Å². The van der Waals surface area contributed by atoms with E-state index in [9.17, 15) is 4.79 Å². The van der Waals surface area contributed by atoms with Crippen LogP contribution in [0.5, 0.6) is 0 Å². The summed E-state index contributed by atoms with van der Waals surface area (Å²) in [6.07, 6.45) is 1.97. The minimum atomic E-state index is -0.397. The molecule has 0 amide bonds. The van der Waals surface area contributed by atoms with Crippen LogP contribution in [-0.4, -0.2) is 24.7 Å². The molecule has 1 aromatic rings. The molecule has 1 heterocycles. The number of esters is 1. The molecule has 0 radical (unpaired) electrons. The van der Waals surface area contributed by atoms with Crippen LogP contribution in [0.1, 0.15) is 33.6 Å². The second kappa shape index (κ2) is 5.64. The van der Waals surface area contributed by atoms with Crippen LogP contribution in [0.2, 0.25) is 0 Å². The second-order valence-electron chi connectivity index (χ2n) is 6.15. The van der Waals surface area contributed by atoms with Crippen LogP contribution in [-0.2, 0) is 9.53 Å². The second-order valence-corrected chi connectivity index (χ2v) is 6.15. The SMILES string of the molecule is CC(C)(C)OC(=O)C1CCCN(c2ccccc2)C1. The highest BCUT2D eigenvalue weighted by molar-refractivity contribution is 5.74. The van der Waals surface area contributed by atoms with Gasteiger partial charge in [-0.3, -0.25) is 4.79 Å². The lowest BCUT2D eigenvalue weighted by atomic mass is 9.97. The van der Waals surface area contributed by atoms with Gasteiger partial charge in [-0.25, -0.2) is 0 Å². The molecule has 0 aliphatic carbocycles. The summed E-state index contributed by atoms with van der Waals surface area (Å²) in [5.41, 5.74) is 0.794. The van der Waals surface area contributed by atoms with Gasteiger partial charge in [0.05, 0.1) is 5.92 Å². The number of benzene rings is 1. The first-order chi connectivity index (χ1) is 8.96. The zero-order chi connectivity index (χ0) is 13.9. The van der Waals surface area contributed by atoms with E-state index in [0.29, 0.717) is 0 Å². The smallest absolute Gasteiger partial charge is 0.311 e. The quantitative estimate of drug-likeness (QED) is 0.765. The molecule has 1 aliphatic rings. The van der Waals surface area contributed by atoms with E-state index in [1.807, 2.05) is 39.0 Å². The van der Waals surface area contributed by atoms with Crippen LogP contribution in [0, 0.1) is 5.92 Å².